The number of amides is 4. The van der Waals surface area contributed by atoms with E-state index >= 15 is 0 Å². The van der Waals surface area contributed by atoms with Crippen molar-refractivity contribution < 1.29 is 83.6 Å². The number of carbonyl (C=O) groups is 6. The number of nitrogens with one attached hydrogen (secondary N) is 4. The summed E-state index contributed by atoms with van der Waals surface area (Å²) in [6, 6.07) is 13.9. The maximum absolute atomic E-state index is 14.0. The van der Waals surface area contributed by atoms with Gasteiger partial charge >= 0.3 is 24.3 Å². The minimum Gasteiger partial charge on any atom is -0.457 e. The molecule has 364 valence electrons. The molecule has 22 heteroatoms. The summed E-state index contributed by atoms with van der Waals surface area (Å²) in [6.07, 6.45) is -13.2. The third-order valence-electron chi connectivity index (χ3n) is 11.0. The lowest BCUT2D eigenvalue weighted by molar-refractivity contribution is -0.255. The smallest absolute Gasteiger partial charge is 0.426 e. The number of halogens is 8. The van der Waals surface area contributed by atoms with E-state index in [9.17, 15) is 74.1 Å². The van der Waals surface area contributed by atoms with Crippen LogP contribution in [0, 0.1) is 11.6 Å². The molecule has 0 spiro atoms. The lowest BCUT2D eigenvalue weighted by Crippen LogP contribution is -2.57. The zero-order valence-electron chi connectivity index (χ0n) is 36.9. The first-order chi connectivity index (χ1) is 31.3. The fourth-order valence-corrected chi connectivity index (χ4v) is 7.73. The van der Waals surface area contributed by atoms with Crippen molar-refractivity contribution >= 4 is 58.3 Å². The van der Waals surface area contributed by atoms with Crippen LogP contribution in [-0.2, 0) is 52.7 Å². The molecule has 6 N–H and O–H groups in total. The molecule has 2 atom stereocenters. The van der Waals surface area contributed by atoms with Gasteiger partial charge in [-0.25, -0.2) is 18.4 Å². The van der Waals surface area contributed by atoms with Gasteiger partial charge in [0.05, 0.1) is 11.1 Å². The van der Waals surface area contributed by atoms with E-state index in [1.807, 2.05) is 10.6 Å². The lowest BCUT2D eigenvalue weighted by atomic mass is 9.73. The number of hydrogen-bond acceptors (Lipinski definition) is 10. The van der Waals surface area contributed by atoms with Crippen LogP contribution in [0.2, 0.25) is 0 Å². The monoisotopic (exact) mass is 964 g/mol. The van der Waals surface area contributed by atoms with E-state index < -0.39 is 94.4 Å². The van der Waals surface area contributed by atoms with E-state index in [2.05, 4.69) is 10.6 Å². The standard InChI is InChI=1S/2C23H22F4N2O5/c2*1-12(30)28-18-7-4-14(24)9-17(18)21(2,3)11-22(33,23(25,26)27)20(32)29-15-5-6-16-13(8-15)10-34-19(16)31/h2*4-9,33H,10-11H2,1-3H3,(H,28,30)(H,29,32). The van der Waals surface area contributed by atoms with Crippen LogP contribution < -0.4 is 21.3 Å². The van der Waals surface area contributed by atoms with Crippen LogP contribution in [0.5, 0.6) is 0 Å². The van der Waals surface area contributed by atoms with Crippen LogP contribution in [0.1, 0.15) is 97.4 Å². The van der Waals surface area contributed by atoms with Crippen molar-refractivity contribution in [3.05, 3.63) is 118 Å². The van der Waals surface area contributed by atoms with Crippen molar-refractivity contribution in [2.45, 2.75) is 102 Å². The number of cyclic esters (lactones) is 2. The quantitative estimate of drug-likeness (QED) is 0.0594. The summed E-state index contributed by atoms with van der Waals surface area (Å²) in [7, 11) is 0. The first-order valence-electron chi connectivity index (χ1n) is 20.2. The second-order valence-electron chi connectivity index (χ2n) is 17.4. The van der Waals surface area contributed by atoms with E-state index in [-0.39, 0.29) is 58.2 Å². The molecule has 0 radical (unpaired) electrons. The van der Waals surface area contributed by atoms with Crippen molar-refractivity contribution in [2.24, 2.45) is 0 Å². The lowest BCUT2D eigenvalue weighted by Gasteiger charge is -2.37. The Morgan fingerprint density at radius 3 is 1.19 bits per heavy atom. The number of esters is 2. The largest absolute Gasteiger partial charge is 0.457 e. The van der Waals surface area contributed by atoms with Crippen LogP contribution >= 0.6 is 0 Å². The molecular weight excluding hydrogens is 921 g/mol. The van der Waals surface area contributed by atoms with Gasteiger partial charge in [-0.2, -0.15) is 26.3 Å². The number of fused-ring (bicyclic) bond motifs is 2. The third-order valence-corrected chi connectivity index (χ3v) is 11.0. The number of anilines is 4. The Kier molecular flexibility index (Phi) is 14.5. The molecule has 0 fully saturated rings. The van der Waals surface area contributed by atoms with Gasteiger partial charge in [0.1, 0.15) is 24.8 Å². The molecule has 14 nitrogen and oxygen atoms in total. The molecular formula is C46H44F8N4O10. The molecule has 68 heavy (non-hydrogen) atoms. The van der Waals surface area contributed by atoms with Gasteiger partial charge in [-0.15, -0.1) is 0 Å². The van der Waals surface area contributed by atoms with Gasteiger partial charge in [0.15, 0.2) is 0 Å². The van der Waals surface area contributed by atoms with Crippen molar-refractivity contribution in [1.82, 2.24) is 0 Å². The molecule has 6 rings (SSSR count). The molecule has 4 amide bonds. The minimum atomic E-state index is -5.40. The Labute approximate surface area is 382 Å². The summed E-state index contributed by atoms with van der Waals surface area (Å²) in [5.74, 6) is -7.30. The Balaban J connectivity index is 0.000000254. The molecule has 2 aliphatic heterocycles. The van der Waals surface area contributed by atoms with Crippen LogP contribution in [0.15, 0.2) is 72.8 Å². The van der Waals surface area contributed by atoms with E-state index in [0.29, 0.717) is 11.1 Å². The highest BCUT2D eigenvalue weighted by atomic mass is 19.4. The summed E-state index contributed by atoms with van der Waals surface area (Å²) in [6.45, 7) is 7.30. The molecule has 0 aliphatic carbocycles. The van der Waals surface area contributed by atoms with Gasteiger partial charge in [-0.05, 0) is 94.8 Å². The molecule has 4 aromatic rings. The van der Waals surface area contributed by atoms with Gasteiger partial charge in [-0.1, -0.05) is 27.7 Å². The van der Waals surface area contributed by atoms with Crippen LogP contribution in [0.4, 0.5) is 57.9 Å². The summed E-state index contributed by atoms with van der Waals surface area (Å²) >= 11 is 0. The number of rotatable bonds is 12. The highest BCUT2D eigenvalue weighted by Gasteiger charge is 2.63. The Morgan fingerprint density at radius 1 is 0.544 bits per heavy atom. The van der Waals surface area contributed by atoms with Crippen molar-refractivity contribution in [3.63, 3.8) is 0 Å². The van der Waals surface area contributed by atoms with Crippen LogP contribution in [0.3, 0.4) is 0 Å². The van der Waals surface area contributed by atoms with E-state index in [0.717, 1.165) is 24.3 Å². The van der Waals surface area contributed by atoms with Crippen molar-refractivity contribution in [3.8, 4) is 0 Å². The van der Waals surface area contributed by atoms with Crippen LogP contribution in [-0.4, -0.2) is 69.3 Å². The predicted molar refractivity (Wildman–Crippen MR) is 227 cm³/mol. The second kappa shape index (κ2) is 19.0. The summed E-state index contributed by atoms with van der Waals surface area (Å²) in [5, 5.41) is 30.2. The molecule has 4 aromatic carbocycles. The third kappa shape index (κ3) is 11.2. The number of ether oxygens (including phenoxy) is 2. The van der Waals surface area contributed by atoms with E-state index in [4.69, 9.17) is 9.47 Å². The highest BCUT2D eigenvalue weighted by Crippen LogP contribution is 2.46. The van der Waals surface area contributed by atoms with E-state index in [1.54, 1.807) is 0 Å². The second-order valence-corrected chi connectivity index (χ2v) is 17.4. The van der Waals surface area contributed by atoms with E-state index in [1.165, 1.54) is 90.1 Å². The maximum Gasteiger partial charge on any atom is 0.426 e. The number of hydrogen-bond donors (Lipinski definition) is 6. The molecule has 2 aliphatic rings. The SMILES string of the molecule is CC(=O)Nc1ccc(F)cc1C(C)(C)CC(O)(C(=O)Nc1ccc2c(c1)COC2=O)C(F)(F)F.CC(=O)Nc1ccc(F)cc1C(C)(C)CC(O)(C(=O)Nc1ccc2c(c1)COC2=O)C(F)(F)F. The summed E-state index contributed by atoms with van der Waals surface area (Å²) in [5.41, 5.74) is -9.93. The molecule has 0 saturated carbocycles. The Hall–Kier alpha value is -6.94. The first kappa shape index (κ1) is 52.0. The average molecular weight is 965 g/mol. The summed E-state index contributed by atoms with van der Waals surface area (Å²) < 4.78 is 122. The molecule has 0 bridgehead atoms. The minimum absolute atomic E-state index is 0.0358. The fourth-order valence-electron chi connectivity index (χ4n) is 7.73. The van der Waals surface area contributed by atoms with Crippen molar-refractivity contribution in [2.75, 3.05) is 21.3 Å². The topological polar surface area (TPSA) is 209 Å². The van der Waals surface area contributed by atoms with Crippen molar-refractivity contribution in [1.29, 1.82) is 0 Å². The Morgan fingerprint density at radius 2 is 0.882 bits per heavy atom. The van der Waals surface area contributed by atoms with Gasteiger partial charge in [0.25, 0.3) is 11.8 Å². The Bertz CT molecular complexity index is 2510. The highest BCUT2D eigenvalue weighted by molar-refractivity contribution is 6.01. The number of benzene rings is 4. The number of alkyl halides is 6. The van der Waals surface area contributed by atoms with Gasteiger partial charge < -0.3 is 41.0 Å². The fraction of sp³-hybridized carbons (Fsp3) is 0.348. The normalized spacial score (nSPS) is 15.2. The first-order valence-corrected chi connectivity index (χ1v) is 20.2. The number of aliphatic hydroxyl groups is 2. The zero-order valence-corrected chi connectivity index (χ0v) is 36.9. The van der Waals surface area contributed by atoms with Gasteiger partial charge in [0.2, 0.25) is 23.0 Å². The zero-order chi connectivity index (χ0) is 50.9. The van der Waals surface area contributed by atoms with Crippen LogP contribution in [0.25, 0.3) is 0 Å². The van der Waals surface area contributed by atoms with Gasteiger partial charge in [-0.3, -0.25) is 19.2 Å². The molecule has 0 aromatic heterocycles. The maximum atomic E-state index is 14.0. The average Bonchev–Trinajstić information content (AvgIpc) is 3.78. The molecule has 0 saturated heterocycles. The predicted octanol–water partition coefficient (Wildman–Crippen LogP) is 8.11. The molecule has 2 unspecified atom stereocenters. The van der Waals surface area contributed by atoms with Gasteiger partial charge in [0, 0.05) is 60.6 Å². The summed E-state index contributed by atoms with van der Waals surface area (Å²) in [4.78, 5) is 71.6. The number of carbonyl (C=O) groups excluding carboxylic acids is 6. The molecule has 2 heterocycles.